The molecule has 0 aliphatic rings. The summed E-state index contributed by atoms with van der Waals surface area (Å²) in [5.74, 6) is -1.92. The van der Waals surface area contributed by atoms with Crippen LogP contribution in [0.2, 0.25) is 0 Å². The number of aromatic hydroxyl groups is 1. The number of benzene rings is 2. The van der Waals surface area contributed by atoms with Crippen molar-refractivity contribution in [2.75, 3.05) is 5.32 Å². The van der Waals surface area contributed by atoms with Crippen LogP contribution >= 0.6 is 27.3 Å². The molecule has 0 saturated carbocycles. The van der Waals surface area contributed by atoms with Crippen molar-refractivity contribution in [3.63, 3.8) is 0 Å². The number of amides is 2. The molecule has 1 aromatic heterocycles. The minimum atomic E-state index is -0.975. The summed E-state index contributed by atoms with van der Waals surface area (Å²) in [6.07, 6.45) is 1.23. The molecule has 1 heterocycles. The van der Waals surface area contributed by atoms with E-state index in [4.69, 9.17) is 0 Å². The van der Waals surface area contributed by atoms with Gasteiger partial charge in [0.25, 0.3) is 0 Å². The predicted molar refractivity (Wildman–Crippen MR) is 106 cm³/mol. The molecule has 10 heteroatoms. The molecule has 0 unspecified atom stereocenters. The standard InChI is InChI=1S/C17H12BrN5O3S/c18-12-6-7-13(24)11(8-12)9-19-21-15(26)14(25)20-17-23-22-16(27-17)10-4-2-1-3-5-10/h1-9,24H,(H,21,26)(H,20,23,25). The second-order valence-electron chi connectivity index (χ2n) is 5.13. The van der Waals surface area contributed by atoms with E-state index in [0.717, 1.165) is 21.4 Å². The summed E-state index contributed by atoms with van der Waals surface area (Å²) in [4.78, 5) is 23.7. The third-order valence-corrected chi connectivity index (χ3v) is 4.61. The van der Waals surface area contributed by atoms with Crippen molar-refractivity contribution in [1.82, 2.24) is 15.6 Å². The SMILES string of the molecule is O=C(NN=Cc1cc(Br)ccc1O)C(=O)Nc1nnc(-c2ccccc2)s1. The number of phenolic OH excluding ortho intramolecular Hbond substituents is 1. The largest absolute Gasteiger partial charge is 0.507 e. The van der Waals surface area contributed by atoms with E-state index in [1.807, 2.05) is 30.3 Å². The maximum atomic E-state index is 11.9. The quantitative estimate of drug-likeness (QED) is 0.324. The monoisotopic (exact) mass is 445 g/mol. The number of rotatable bonds is 4. The highest BCUT2D eigenvalue weighted by atomic mass is 79.9. The van der Waals surface area contributed by atoms with Gasteiger partial charge in [0.15, 0.2) is 0 Å². The number of carbonyl (C=O) groups excluding carboxylic acids is 2. The minimum absolute atomic E-state index is 0.0112. The molecular weight excluding hydrogens is 434 g/mol. The average Bonchev–Trinajstić information content (AvgIpc) is 3.13. The van der Waals surface area contributed by atoms with Gasteiger partial charge >= 0.3 is 11.8 Å². The maximum Gasteiger partial charge on any atom is 0.329 e. The van der Waals surface area contributed by atoms with Crippen LogP contribution in [-0.2, 0) is 9.59 Å². The Kier molecular flexibility index (Phi) is 5.89. The number of hydrazone groups is 1. The Bertz CT molecular complexity index is 1010. The fourth-order valence-corrected chi connectivity index (χ4v) is 3.09. The lowest BCUT2D eigenvalue weighted by molar-refractivity contribution is -0.136. The van der Waals surface area contributed by atoms with Gasteiger partial charge in [-0.1, -0.05) is 57.6 Å². The van der Waals surface area contributed by atoms with Crippen molar-refractivity contribution in [2.45, 2.75) is 0 Å². The summed E-state index contributed by atoms with van der Waals surface area (Å²) in [5, 5.41) is 24.3. The lowest BCUT2D eigenvalue weighted by atomic mass is 10.2. The highest BCUT2D eigenvalue weighted by Crippen LogP contribution is 2.25. The summed E-state index contributed by atoms with van der Waals surface area (Å²) in [7, 11) is 0. The normalized spacial score (nSPS) is 10.7. The van der Waals surface area contributed by atoms with Gasteiger partial charge in [0.1, 0.15) is 10.8 Å². The van der Waals surface area contributed by atoms with Crippen LogP contribution in [0.4, 0.5) is 5.13 Å². The lowest BCUT2D eigenvalue weighted by Crippen LogP contribution is -2.32. The van der Waals surface area contributed by atoms with E-state index in [-0.39, 0.29) is 10.9 Å². The Labute approximate surface area is 166 Å². The lowest BCUT2D eigenvalue weighted by Gasteiger charge is -2.01. The van der Waals surface area contributed by atoms with Crippen LogP contribution in [0.15, 0.2) is 58.1 Å². The molecule has 2 amide bonds. The number of aromatic nitrogens is 2. The smallest absolute Gasteiger partial charge is 0.329 e. The van der Waals surface area contributed by atoms with Gasteiger partial charge in [0.2, 0.25) is 5.13 Å². The van der Waals surface area contributed by atoms with Gasteiger partial charge in [-0.3, -0.25) is 14.9 Å². The second kappa shape index (κ2) is 8.52. The molecule has 0 saturated heterocycles. The molecular formula is C17H12BrN5O3S. The number of hydrogen-bond acceptors (Lipinski definition) is 7. The molecule has 3 N–H and O–H groups in total. The minimum Gasteiger partial charge on any atom is -0.507 e. The van der Waals surface area contributed by atoms with E-state index >= 15 is 0 Å². The number of nitrogens with one attached hydrogen (secondary N) is 2. The fourth-order valence-electron chi connectivity index (χ4n) is 1.97. The molecule has 0 atom stereocenters. The van der Waals surface area contributed by atoms with Crippen molar-refractivity contribution in [3.8, 4) is 16.3 Å². The predicted octanol–water partition coefficient (Wildman–Crippen LogP) is 2.76. The number of hydrogen-bond donors (Lipinski definition) is 3. The van der Waals surface area contributed by atoms with Crippen molar-refractivity contribution in [1.29, 1.82) is 0 Å². The first-order chi connectivity index (χ1) is 13.0. The zero-order valence-corrected chi connectivity index (χ0v) is 16.0. The van der Waals surface area contributed by atoms with Gasteiger partial charge < -0.3 is 5.11 Å². The van der Waals surface area contributed by atoms with E-state index in [1.165, 1.54) is 12.3 Å². The molecule has 3 rings (SSSR count). The summed E-state index contributed by atoms with van der Waals surface area (Å²) in [6, 6.07) is 14.1. The molecule has 0 bridgehead atoms. The van der Waals surface area contributed by atoms with Crippen LogP contribution in [0.5, 0.6) is 5.75 Å². The number of carbonyl (C=O) groups is 2. The Morgan fingerprint density at radius 2 is 1.89 bits per heavy atom. The fraction of sp³-hybridized carbons (Fsp3) is 0. The molecule has 0 radical (unpaired) electrons. The van der Waals surface area contributed by atoms with Crippen LogP contribution in [-0.4, -0.2) is 33.3 Å². The summed E-state index contributed by atoms with van der Waals surface area (Å²) < 4.78 is 0.733. The number of nitrogens with zero attached hydrogens (tertiary/aromatic N) is 3. The molecule has 0 fully saturated rings. The number of phenols is 1. The highest BCUT2D eigenvalue weighted by molar-refractivity contribution is 9.10. The van der Waals surface area contributed by atoms with Crippen LogP contribution < -0.4 is 10.7 Å². The molecule has 0 aliphatic carbocycles. The Balaban J connectivity index is 1.58. The van der Waals surface area contributed by atoms with Crippen LogP contribution in [0.3, 0.4) is 0 Å². The first-order valence-electron chi connectivity index (χ1n) is 7.55. The van der Waals surface area contributed by atoms with Crippen LogP contribution in [0.1, 0.15) is 5.56 Å². The van der Waals surface area contributed by atoms with E-state index < -0.39 is 11.8 Å². The van der Waals surface area contributed by atoms with Crippen molar-refractivity contribution in [2.24, 2.45) is 5.10 Å². The molecule has 2 aromatic carbocycles. The van der Waals surface area contributed by atoms with Gasteiger partial charge in [-0.2, -0.15) is 5.10 Å². The van der Waals surface area contributed by atoms with Gasteiger partial charge in [0.05, 0.1) is 6.21 Å². The van der Waals surface area contributed by atoms with E-state index in [9.17, 15) is 14.7 Å². The zero-order chi connectivity index (χ0) is 19.2. The molecule has 8 nitrogen and oxygen atoms in total. The molecule has 136 valence electrons. The van der Waals surface area contributed by atoms with Gasteiger partial charge in [-0.15, -0.1) is 10.2 Å². The second-order valence-corrected chi connectivity index (χ2v) is 7.03. The Morgan fingerprint density at radius 3 is 2.67 bits per heavy atom. The van der Waals surface area contributed by atoms with Crippen molar-refractivity contribution in [3.05, 3.63) is 58.6 Å². The van der Waals surface area contributed by atoms with Gasteiger partial charge in [-0.05, 0) is 18.2 Å². The topological polar surface area (TPSA) is 117 Å². The number of halogens is 1. The number of anilines is 1. The molecule has 27 heavy (non-hydrogen) atoms. The van der Waals surface area contributed by atoms with E-state index in [0.29, 0.717) is 10.6 Å². The van der Waals surface area contributed by atoms with Crippen molar-refractivity contribution < 1.29 is 14.7 Å². The maximum absolute atomic E-state index is 11.9. The van der Waals surface area contributed by atoms with Crippen LogP contribution in [0, 0.1) is 0 Å². The first kappa shape index (κ1) is 18.7. The third-order valence-electron chi connectivity index (χ3n) is 3.23. The summed E-state index contributed by atoms with van der Waals surface area (Å²) in [6.45, 7) is 0. The summed E-state index contributed by atoms with van der Waals surface area (Å²) >= 11 is 4.41. The van der Waals surface area contributed by atoms with Gasteiger partial charge in [0, 0.05) is 15.6 Å². The van der Waals surface area contributed by atoms with Gasteiger partial charge in [-0.25, -0.2) is 5.43 Å². The Hall–Kier alpha value is -3.11. The van der Waals surface area contributed by atoms with E-state index in [2.05, 4.69) is 42.0 Å². The zero-order valence-electron chi connectivity index (χ0n) is 13.6. The first-order valence-corrected chi connectivity index (χ1v) is 9.15. The molecule has 0 aliphatic heterocycles. The highest BCUT2D eigenvalue weighted by Gasteiger charge is 2.16. The average molecular weight is 446 g/mol. The molecule has 0 spiro atoms. The van der Waals surface area contributed by atoms with Crippen molar-refractivity contribution >= 4 is 50.4 Å². The van der Waals surface area contributed by atoms with Crippen LogP contribution in [0.25, 0.3) is 10.6 Å². The Morgan fingerprint density at radius 1 is 1.11 bits per heavy atom. The summed E-state index contributed by atoms with van der Waals surface area (Å²) in [5.41, 5.74) is 3.32. The third kappa shape index (κ3) is 4.96. The molecule has 3 aromatic rings. The van der Waals surface area contributed by atoms with E-state index in [1.54, 1.807) is 12.1 Å².